The van der Waals surface area contributed by atoms with E-state index in [2.05, 4.69) is 0 Å². The number of benzene rings is 1. The molecular weight excluding hydrogens is 288 g/mol. The van der Waals surface area contributed by atoms with Crippen molar-refractivity contribution >= 4 is 9.84 Å². The number of nitriles is 1. The van der Waals surface area contributed by atoms with Gasteiger partial charge in [0.05, 0.1) is 12.1 Å². The summed E-state index contributed by atoms with van der Waals surface area (Å²) < 4.78 is 24.4. The maximum absolute atomic E-state index is 12.2. The van der Waals surface area contributed by atoms with Crippen molar-refractivity contribution in [3.63, 3.8) is 0 Å². The first-order chi connectivity index (χ1) is 9.66. The summed E-state index contributed by atoms with van der Waals surface area (Å²) in [6, 6.07) is 10.8. The van der Waals surface area contributed by atoms with Crippen LogP contribution in [0.1, 0.15) is 32.4 Å². The lowest BCUT2D eigenvalue weighted by atomic mass is 9.97. The molecule has 0 aliphatic carbocycles. The van der Waals surface area contributed by atoms with Crippen LogP contribution in [0.2, 0.25) is 0 Å². The van der Waals surface area contributed by atoms with Gasteiger partial charge in [0.1, 0.15) is 5.25 Å². The minimum absolute atomic E-state index is 0.422. The average Bonchev–Trinajstić information content (AvgIpc) is 2.79. The number of rotatable bonds is 2. The monoisotopic (exact) mass is 308 g/mol. The maximum atomic E-state index is 12.2. The summed E-state index contributed by atoms with van der Waals surface area (Å²) in [6.07, 6.45) is 0.164. The van der Waals surface area contributed by atoms with Crippen molar-refractivity contribution in [2.24, 2.45) is 0 Å². The van der Waals surface area contributed by atoms with E-state index in [-0.39, 0.29) is 0 Å². The lowest BCUT2D eigenvalue weighted by Gasteiger charge is -2.35. The third-order valence-electron chi connectivity index (χ3n) is 3.51. The summed E-state index contributed by atoms with van der Waals surface area (Å²) in [4.78, 5) is 5.67. The fraction of sp³-hybridized carbons (Fsp3) is 0.533. The third-order valence-corrected chi connectivity index (χ3v) is 5.01. The van der Waals surface area contributed by atoms with Gasteiger partial charge in [-0.3, -0.25) is 4.84 Å². The molecule has 1 unspecified atom stereocenters. The Morgan fingerprint density at radius 3 is 2.24 bits per heavy atom. The highest BCUT2D eigenvalue weighted by Crippen LogP contribution is 2.42. The van der Waals surface area contributed by atoms with Crippen molar-refractivity contribution in [1.29, 1.82) is 5.26 Å². The van der Waals surface area contributed by atoms with E-state index in [1.807, 2.05) is 57.2 Å². The Morgan fingerprint density at radius 1 is 1.24 bits per heavy atom. The molecule has 1 fully saturated rings. The van der Waals surface area contributed by atoms with Crippen LogP contribution in [0.25, 0.3) is 0 Å². The number of hydrogen-bond donors (Lipinski definition) is 0. The molecule has 3 atom stereocenters. The van der Waals surface area contributed by atoms with Crippen LogP contribution in [0.3, 0.4) is 0 Å². The first-order valence-corrected chi connectivity index (χ1v) is 8.71. The topological polar surface area (TPSA) is 70.4 Å². The summed E-state index contributed by atoms with van der Waals surface area (Å²) in [5, 5.41) is 10.0. The fourth-order valence-electron chi connectivity index (χ4n) is 2.65. The van der Waals surface area contributed by atoms with Crippen molar-refractivity contribution < 1.29 is 13.3 Å². The second-order valence-electron chi connectivity index (χ2n) is 6.30. The maximum Gasteiger partial charge on any atom is 0.184 e. The van der Waals surface area contributed by atoms with Crippen molar-refractivity contribution in [2.75, 3.05) is 6.26 Å². The van der Waals surface area contributed by atoms with Crippen LogP contribution in [0.5, 0.6) is 0 Å². The molecule has 21 heavy (non-hydrogen) atoms. The summed E-state index contributed by atoms with van der Waals surface area (Å²) >= 11 is 0. The largest absolute Gasteiger partial charge is 0.278 e. The highest BCUT2D eigenvalue weighted by atomic mass is 32.2. The molecule has 0 amide bonds. The highest BCUT2D eigenvalue weighted by Gasteiger charge is 2.52. The third kappa shape index (κ3) is 3.10. The molecule has 1 aromatic carbocycles. The summed E-state index contributed by atoms with van der Waals surface area (Å²) in [7, 11) is -3.44. The van der Waals surface area contributed by atoms with Crippen molar-refractivity contribution in [3.05, 3.63) is 35.9 Å². The second kappa shape index (κ2) is 5.41. The zero-order chi connectivity index (χ0) is 15.8. The van der Waals surface area contributed by atoms with Crippen molar-refractivity contribution in [3.8, 4) is 6.07 Å². The second-order valence-corrected chi connectivity index (χ2v) is 8.50. The molecule has 0 aromatic heterocycles. The van der Waals surface area contributed by atoms with Crippen LogP contribution in [0.4, 0.5) is 0 Å². The van der Waals surface area contributed by atoms with Crippen molar-refractivity contribution in [2.45, 2.75) is 43.7 Å². The molecule has 1 aliphatic rings. The first kappa shape index (κ1) is 16.0. The number of nitrogens with zero attached hydrogens (tertiary/aromatic N) is 2. The Balaban J connectivity index is 2.59. The van der Waals surface area contributed by atoms with Gasteiger partial charge in [-0.1, -0.05) is 30.3 Å². The van der Waals surface area contributed by atoms with Gasteiger partial charge < -0.3 is 0 Å². The molecule has 0 N–H and O–H groups in total. The molecule has 0 saturated carbocycles. The van der Waals surface area contributed by atoms with Gasteiger partial charge in [-0.05, 0) is 26.3 Å². The van der Waals surface area contributed by atoms with Gasteiger partial charge in [-0.2, -0.15) is 10.3 Å². The molecule has 114 valence electrons. The standard InChI is InChI=1S/C15H20N2O3S/c1-15(2,3)17-13(11-8-6-5-7-9-11)14(21(4,18)19)12(10-16)20-17/h5-9,12-14H,1-4H3/t12-,13?,14-/m1/s1. The number of sulfone groups is 1. The fourth-order valence-corrected chi connectivity index (χ4v) is 3.95. The van der Waals surface area contributed by atoms with Gasteiger partial charge in [0.25, 0.3) is 0 Å². The molecule has 1 heterocycles. The lowest BCUT2D eigenvalue weighted by molar-refractivity contribution is -0.203. The van der Waals surface area contributed by atoms with E-state index in [1.54, 1.807) is 5.06 Å². The number of hydroxylamine groups is 2. The van der Waals surface area contributed by atoms with E-state index < -0.39 is 32.8 Å². The zero-order valence-electron chi connectivity index (χ0n) is 12.6. The van der Waals surface area contributed by atoms with Crippen LogP contribution in [0, 0.1) is 11.3 Å². The van der Waals surface area contributed by atoms with Gasteiger partial charge in [-0.25, -0.2) is 8.42 Å². The molecule has 2 rings (SSSR count). The molecule has 1 aromatic rings. The van der Waals surface area contributed by atoms with E-state index in [1.165, 1.54) is 0 Å². The molecular formula is C15H20N2O3S. The molecule has 0 spiro atoms. The van der Waals surface area contributed by atoms with E-state index in [0.29, 0.717) is 0 Å². The Morgan fingerprint density at radius 2 is 1.81 bits per heavy atom. The molecule has 1 aliphatic heterocycles. The summed E-state index contributed by atoms with van der Waals surface area (Å²) in [5.41, 5.74) is 0.412. The predicted molar refractivity (Wildman–Crippen MR) is 79.9 cm³/mol. The number of hydrogen-bond acceptors (Lipinski definition) is 5. The van der Waals surface area contributed by atoms with E-state index in [0.717, 1.165) is 11.8 Å². The molecule has 0 radical (unpaired) electrons. The first-order valence-electron chi connectivity index (χ1n) is 6.76. The Labute approximate surface area is 126 Å². The van der Waals surface area contributed by atoms with Gasteiger partial charge in [0.15, 0.2) is 15.9 Å². The van der Waals surface area contributed by atoms with Gasteiger partial charge in [0, 0.05) is 11.8 Å². The van der Waals surface area contributed by atoms with Gasteiger partial charge in [0.2, 0.25) is 0 Å². The Kier molecular flexibility index (Phi) is 4.11. The minimum atomic E-state index is -3.44. The zero-order valence-corrected chi connectivity index (χ0v) is 13.5. The SMILES string of the molecule is CC(C)(C)N1O[C@H](C#N)[C@@H](S(C)(=O)=O)C1c1ccccc1. The Bertz CT molecular complexity index is 644. The van der Waals surface area contributed by atoms with Crippen LogP contribution >= 0.6 is 0 Å². The van der Waals surface area contributed by atoms with Crippen LogP contribution in [-0.2, 0) is 14.7 Å². The molecule has 6 heteroatoms. The lowest BCUT2D eigenvalue weighted by Crippen LogP contribution is -2.42. The average molecular weight is 308 g/mol. The summed E-state index contributed by atoms with van der Waals surface area (Å²) in [5.74, 6) is 0. The smallest absolute Gasteiger partial charge is 0.184 e. The van der Waals surface area contributed by atoms with Crippen LogP contribution < -0.4 is 0 Å². The van der Waals surface area contributed by atoms with Crippen LogP contribution in [0.15, 0.2) is 30.3 Å². The van der Waals surface area contributed by atoms with E-state index in [4.69, 9.17) is 4.84 Å². The molecule has 5 nitrogen and oxygen atoms in total. The predicted octanol–water partition coefficient (Wildman–Crippen LogP) is 2.08. The molecule has 0 bridgehead atoms. The van der Waals surface area contributed by atoms with Crippen molar-refractivity contribution in [1.82, 2.24) is 5.06 Å². The molecule has 1 saturated heterocycles. The van der Waals surface area contributed by atoms with E-state index in [9.17, 15) is 13.7 Å². The van der Waals surface area contributed by atoms with Gasteiger partial charge in [-0.15, -0.1) is 0 Å². The quantitative estimate of drug-likeness (QED) is 0.836. The highest BCUT2D eigenvalue weighted by molar-refractivity contribution is 7.91. The van der Waals surface area contributed by atoms with Gasteiger partial charge >= 0.3 is 0 Å². The van der Waals surface area contributed by atoms with Crippen LogP contribution in [-0.4, -0.2) is 36.6 Å². The minimum Gasteiger partial charge on any atom is -0.278 e. The summed E-state index contributed by atoms with van der Waals surface area (Å²) in [6.45, 7) is 5.80. The Hall–Kier alpha value is -1.42. The normalized spacial score (nSPS) is 27.5. The van der Waals surface area contributed by atoms with E-state index >= 15 is 0 Å².